The lowest BCUT2D eigenvalue weighted by Gasteiger charge is -1.83. The van der Waals surface area contributed by atoms with Gasteiger partial charge in [0, 0.05) is 6.61 Å². The molecule has 35 valence electrons. The Morgan fingerprint density at radius 3 is 2.17 bits per heavy atom. The normalized spacial score (nSPS) is 7.00. The minimum Gasteiger partial charge on any atom is -0.353 e. The molecule has 0 saturated carbocycles. The predicted molar refractivity (Wildman–Crippen MR) is 25.7 cm³/mol. The van der Waals surface area contributed by atoms with Crippen LogP contribution in [0.4, 0.5) is 0 Å². The van der Waals surface area contributed by atoms with Crippen LogP contribution in [0.1, 0.15) is 6.92 Å². The van der Waals surface area contributed by atoms with Crippen molar-refractivity contribution in [1.82, 2.24) is 0 Å². The molecule has 0 aromatic heterocycles. The van der Waals surface area contributed by atoms with E-state index in [1.54, 1.807) is 6.92 Å². The smallest absolute Gasteiger partial charge is 0.316 e. The maximum Gasteiger partial charge on any atom is 0.316 e. The predicted octanol–water partition coefficient (Wildman–Crippen LogP) is -0.505. The summed E-state index contributed by atoms with van der Waals surface area (Å²) in [5, 5.41) is 9.31. The van der Waals surface area contributed by atoms with Crippen LogP contribution in [0, 0.1) is 0 Å². The summed E-state index contributed by atoms with van der Waals surface area (Å²) in [6, 6.07) is 0. The molecule has 0 bridgehead atoms. The molecule has 0 unspecified atom stereocenters. The van der Waals surface area contributed by atoms with Crippen LogP contribution in [0.25, 0.3) is 0 Å². The van der Waals surface area contributed by atoms with E-state index in [2.05, 4.69) is 4.74 Å². The van der Waals surface area contributed by atoms with Crippen LogP contribution in [0.3, 0.4) is 0 Å². The molecule has 0 amide bonds. The van der Waals surface area contributed by atoms with Crippen molar-refractivity contribution in [2.75, 3.05) is 13.4 Å². The van der Waals surface area contributed by atoms with Gasteiger partial charge in [-0.05, 0) is 6.92 Å². The average Bonchev–Trinajstić information content (AvgIpc) is 1.41. The Labute approximate surface area is 53.6 Å². The Morgan fingerprint density at radius 2 is 2.17 bits per heavy atom. The summed E-state index contributed by atoms with van der Waals surface area (Å²) < 4.78 is 4.28. The summed E-state index contributed by atoms with van der Waals surface area (Å²) in [5.74, 6) is 0. The Bertz CT molecular complexity index is 16.3. The molecule has 0 aliphatic heterocycles. The van der Waals surface area contributed by atoms with Gasteiger partial charge in [-0.2, -0.15) is 0 Å². The van der Waals surface area contributed by atoms with Crippen LogP contribution in [0.5, 0.6) is 0 Å². The van der Waals surface area contributed by atoms with E-state index in [0.717, 1.165) is 0 Å². The van der Waals surface area contributed by atoms with Crippen LogP contribution < -0.4 is 0 Å². The van der Waals surface area contributed by atoms with Crippen LogP contribution >= 0.6 is 0 Å². The molecule has 0 fully saturated rings. The van der Waals surface area contributed by atoms with Crippen molar-refractivity contribution < 1.29 is 9.84 Å². The van der Waals surface area contributed by atoms with Gasteiger partial charge in [-0.15, -0.1) is 0 Å². The second-order valence-corrected chi connectivity index (χ2v) is 0.611. The minimum atomic E-state index is -0.406. The Morgan fingerprint density at radius 1 is 1.67 bits per heavy atom. The van der Waals surface area contributed by atoms with Crippen molar-refractivity contribution in [2.24, 2.45) is 0 Å². The Kier molecular flexibility index (Phi) is 15.1. The van der Waals surface area contributed by atoms with E-state index in [0.29, 0.717) is 6.61 Å². The largest absolute Gasteiger partial charge is 0.353 e. The van der Waals surface area contributed by atoms with Gasteiger partial charge in [-0.25, -0.2) is 5.11 Å². The number of ether oxygens (including phenoxy) is 1. The van der Waals surface area contributed by atoms with E-state index in [4.69, 9.17) is 0 Å². The summed E-state index contributed by atoms with van der Waals surface area (Å²) in [4.78, 5) is 0. The second kappa shape index (κ2) is 9.19. The number of hydrogen-bond donors (Lipinski definition) is 0. The van der Waals surface area contributed by atoms with Crippen molar-refractivity contribution in [3.8, 4) is 0 Å². The van der Waals surface area contributed by atoms with Gasteiger partial charge < -0.3 is 4.74 Å². The van der Waals surface area contributed by atoms with Gasteiger partial charge in [0.05, 0.1) is 0 Å². The highest BCUT2D eigenvalue weighted by atomic mass is 24.3. The lowest BCUT2D eigenvalue weighted by Crippen LogP contribution is -1.86. The first-order valence-electron chi connectivity index (χ1n) is 1.57. The van der Waals surface area contributed by atoms with Gasteiger partial charge in [0.1, 0.15) is 0 Å². The van der Waals surface area contributed by atoms with Crippen LogP contribution in [-0.4, -0.2) is 36.5 Å². The fraction of sp³-hybridized carbons (Fsp3) is 1.00. The van der Waals surface area contributed by atoms with E-state index in [1.807, 2.05) is 0 Å². The van der Waals surface area contributed by atoms with E-state index in [9.17, 15) is 5.11 Å². The lowest BCUT2D eigenvalue weighted by molar-refractivity contribution is -0.0383. The molecule has 0 N–H and O–H groups in total. The highest BCUT2D eigenvalue weighted by molar-refractivity contribution is 5.75. The first kappa shape index (κ1) is 9.84. The molecule has 3 heteroatoms. The Hall–Kier alpha value is 0.686. The zero-order valence-electron chi connectivity index (χ0n) is 3.23. The minimum absolute atomic E-state index is 0. The molecular weight excluding hydrogens is 92.3 g/mol. The summed E-state index contributed by atoms with van der Waals surface area (Å²) >= 11 is 0. The van der Waals surface area contributed by atoms with Crippen LogP contribution in [-0.2, 0) is 9.84 Å². The van der Waals surface area contributed by atoms with Gasteiger partial charge in [-0.3, -0.25) is 0 Å². The monoisotopic (exact) mass is 101 g/mol. The first-order valence-corrected chi connectivity index (χ1v) is 1.57. The second-order valence-electron chi connectivity index (χ2n) is 0.611. The molecular formula is C3H9MgO2. The number of rotatable bonds is 2. The molecule has 0 saturated heterocycles. The molecule has 0 aliphatic rings. The summed E-state index contributed by atoms with van der Waals surface area (Å²) in [7, 11) is 0. The van der Waals surface area contributed by atoms with Gasteiger partial charge in [0.25, 0.3) is 0 Å². The zero-order valence-corrected chi connectivity index (χ0v) is 3.23. The third-order valence-electron chi connectivity index (χ3n) is 0.287. The zero-order chi connectivity index (χ0) is 4.12. The van der Waals surface area contributed by atoms with Crippen molar-refractivity contribution in [2.45, 2.75) is 6.92 Å². The van der Waals surface area contributed by atoms with E-state index < -0.39 is 6.79 Å². The molecule has 0 atom stereocenters. The molecule has 0 rings (SSSR count). The molecule has 0 spiro atoms. The van der Waals surface area contributed by atoms with Crippen molar-refractivity contribution >= 4 is 23.1 Å². The van der Waals surface area contributed by atoms with Crippen molar-refractivity contribution in [1.29, 1.82) is 0 Å². The summed E-state index contributed by atoms with van der Waals surface area (Å²) in [6.07, 6.45) is 0. The van der Waals surface area contributed by atoms with Gasteiger partial charge in [-0.1, -0.05) is 0 Å². The molecule has 1 radical (unpaired) electrons. The quantitative estimate of drug-likeness (QED) is 0.340. The molecule has 0 heterocycles. The highest BCUT2D eigenvalue weighted by Crippen LogP contribution is 1.62. The van der Waals surface area contributed by atoms with Crippen molar-refractivity contribution in [3.05, 3.63) is 0 Å². The lowest BCUT2D eigenvalue weighted by atomic mass is 10.9. The van der Waals surface area contributed by atoms with E-state index in [-0.39, 0.29) is 23.1 Å². The molecule has 0 aromatic carbocycles. The molecule has 0 aromatic rings. The third-order valence-corrected chi connectivity index (χ3v) is 0.287. The highest BCUT2D eigenvalue weighted by Gasteiger charge is 1.67. The Balaban J connectivity index is 0. The fourth-order valence-corrected chi connectivity index (χ4v) is 0.0833. The van der Waals surface area contributed by atoms with Crippen LogP contribution in [0.2, 0.25) is 0 Å². The van der Waals surface area contributed by atoms with Crippen molar-refractivity contribution in [3.63, 3.8) is 0 Å². The SMILES string of the molecule is CCOC[O].[MgH2]. The maximum absolute atomic E-state index is 9.31. The third kappa shape index (κ3) is 8.82. The van der Waals surface area contributed by atoms with Gasteiger partial charge in [0.15, 0.2) is 6.79 Å². The van der Waals surface area contributed by atoms with Gasteiger partial charge >= 0.3 is 23.1 Å². The fourth-order valence-electron chi connectivity index (χ4n) is 0.0833. The van der Waals surface area contributed by atoms with Crippen LogP contribution in [0.15, 0.2) is 0 Å². The maximum atomic E-state index is 9.31. The summed E-state index contributed by atoms with van der Waals surface area (Å²) in [6.45, 7) is 1.91. The summed E-state index contributed by atoms with van der Waals surface area (Å²) in [5.41, 5.74) is 0. The number of hydrogen-bond acceptors (Lipinski definition) is 1. The van der Waals surface area contributed by atoms with E-state index in [1.165, 1.54) is 0 Å². The molecule has 6 heavy (non-hydrogen) atoms. The topological polar surface area (TPSA) is 29.1 Å². The average molecular weight is 101 g/mol. The van der Waals surface area contributed by atoms with Gasteiger partial charge in [0.2, 0.25) is 0 Å². The first-order chi connectivity index (χ1) is 2.41. The molecule has 2 nitrogen and oxygen atoms in total. The standard InChI is InChI=1S/C3H7O2.Mg.2H/c1-2-5-3-4;;;/h2-3H2,1H3;;;. The molecule has 0 aliphatic carbocycles. The van der Waals surface area contributed by atoms with E-state index >= 15 is 0 Å².